The Morgan fingerprint density at radius 2 is 2.00 bits per heavy atom. The van der Waals surface area contributed by atoms with Gasteiger partial charge in [0, 0.05) is 5.56 Å². The lowest BCUT2D eigenvalue weighted by Gasteiger charge is -2.27. The van der Waals surface area contributed by atoms with E-state index in [1.54, 1.807) is 19.1 Å². The van der Waals surface area contributed by atoms with E-state index in [1.165, 1.54) is 18.2 Å². The highest BCUT2D eigenvalue weighted by Crippen LogP contribution is 2.47. The predicted molar refractivity (Wildman–Crippen MR) is 94.3 cm³/mol. The monoisotopic (exact) mass is 361 g/mol. The van der Waals surface area contributed by atoms with Crippen molar-refractivity contribution in [2.24, 2.45) is 5.41 Å². The van der Waals surface area contributed by atoms with Crippen molar-refractivity contribution >= 4 is 6.09 Å². The number of amides is 1. The quantitative estimate of drug-likeness (QED) is 0.812. The average Bonchev–Trinajstić information content (AvgIpc) is 2.78. The van der Waals surface area contributed by atoms with Gasteiger partial charge in [0.1, 0.15) is 5.82 Å². The van der Waals surface area contributed by atoms with E-state index < -0.39 is 23.8 Å². The molecule has 0 fully saturated rings. The Morgan fingerprint density at radius 3 is 2.62 bits per heavy atom. The first kappa shape index (κ1) is 18.2. The fourth-order valence-corrected chi connectivity index (χ4v) is 3.63. The zero-order valence-electron chi connectivity index (χ0n) is 14.9. The molecule has 2 aromatic carbocycles. The van der Waals surface area contributed by atoms with Crippen molar-refractivity contribution in [3.8, 4) is 16.9 Å². The number of hydrogen-bond acceptors (Lipinski definition) is 2. The highest BCUT2D eigenvalue weighted by Gasteiger charge is 2.40. The molecular formula is C20H21F2NO3. The SMILES string of the molecule is CCOc1ccc(-c2cc3c(cc2F)[C@H](NC(=O)O)C(C)(C)C3)cc1F. The second kappa shape index (κ2) is 6.59. The molecular weight excluding hydrogens is 340 g/mol. The summed E-state index contributed by atoms with van der Waals surface area (Å²) in [5.74, 6) is -0.929. The van der Waals surface area contributed by atoms with Crippen LogP contribution in [0, 0.1) is 17.0 Å². The fourth-order valence-electron chi connectivity index (χ4n) is 3.63. The van der Waals surface area contributed by atoms with Gasteiger partial charge in [-0.2, -0.15) is 0 Å². The lowest BCUT2D eigenvalue weighted by Crippen LogP contribution is -2.34. The maximum absolute atomic E-state index is 14.7. The molecule has 26 heavy (non-hydrogen) atoms. The molecule has 4 nitrogen and oxygen atoms in total. The summed E-state index contributed by atoms with van der Waals surface area (Å²) in [6, 6.07) is 6.91. The number of ether oxygens (including phenoxy) is 1. The van der Waals surface area contributed by atoms with Crippen molar-refractivity contribution in [2.45, 2.75) is 33.2 Å². The van der Waals surface area contributed by atoms with Crippen LogP contribution < -0.4 is 10.1 Å². The van der Waals surface area contributed by atoms with Crippen molar-refractivity contribution in [1.29, 1.82) is 0 Å². The number of benzene rings is 2. The Labute approximate surface area is 150 Å². The van der Waals surface area contributed by atoms with Crippen LogP contribution in [0.2, 0.25) is 0 Å². The molecule has 0 aliphatic heterocycles. The van der Waals surface area contributed by atoms with Gasteiger partial charge in [0.2, 0.25) is 0 Å². The summed E-state index contributed by atoms with van der Waals surface area (Å²) in [7, 11) is 0. The molecule has 0 bridgehead atoms. The molecule has 2 aromatic rings. The van der Waals surface area contributed by atoms with Gasteiger partial charge in [0.05, 0.1) is 12.6 Å². The maximum Gasteiger partial charge on any atom is 0.405 e. The van der Waals surface area contributed by atoms with Crippen molar-refractivity contribution < 1.29 is 23.4 Å². The topological polar surface area (TPSA) is 58.6 Å². The number of carbonyl (C=O) groups is 1. The van der Waals surface area contributed by atoms with Crippen molar-refractivity contribution in [2.75, 3.05) is 6.61 Å². The van der Waals surface area contributed by atoms with E-state index >= 15 is 0 Å². The van der Waals surface area contributed by atoms with E-state index in [9.17, 15) is 13.6 Å². The van der Waals surface area contributed by atoms with Crippen LogP contribution in [0.5, 0.6) is 5.75 Å². The Balaban J connectivity index is 2.03. The van der Waals surface area contributed by atoms with Gasteiger partial charge in [-0.15, -0.1) is 0 Å². The molecule has 3 rings (SSSR count). The van der Waals surface area contributed by atoms with Gasteiger partial charge in [-0.1, -0.05) is 19.9 Å². The van der Waals surface area contributed by atoms with Crippen LogP contribution in [-0.2, 0) is 6.42 Å². The Hall–Kier alpha value is -2.63. The number of halogens is 2. The standard InChI is InChI=1S/C20H21F2NO3/c1-4-26-17-6-5-11(8-16(17)22)13-7-12-10-20(2,3)18(23-19(24)25)14(12)9-15(13)21/h5-9,18,23H,4,10H2,1-3H3,(H,24,25)/t18-/m0/s1. The first-order chi connectivity index (χ1) is 12.2. The third-order valence-corrected chi connectivity index (χ3v) is 4.78. The number of fused-ring (bicyclic) bond motifs is 1. The normalized spacial score (nSPS) is 17.7. The van der Waals surface area contributed by atoms with E-state index in [0.29, 0.717) is 24.2 Å². The van der Waals surface area contributed by atoms with E-state index in [2.05, 4.69) is 5.32 Å². The second-order valence-corrected chi connectivity index (χ2v) is 7.16. The number of rotatable bonds is 4. The zero-order chi connectivity index (χ0) is 19.1. The maximum atomic E-state index is 14.7. The lowest BCUT2D eigenvalue weighted by molar-refractivity contribution is 0.175. The van der Waals surface area contributed by atoms with Gasteiger partial charge in [0.15, 0.2) is 11.6 Å². The molecule has 0 saturated carbocycles. The Morgan fingerprint density at radius 1 is 1.27 bits per heavy atom. The van der Waals surface area contributed by atoms with E-state index in [0.717, 1.165) is 5.56 Å². The zero-order valence-corrected chi connectivity index (χ0v) is 14.9. The number of nitrogens with one attached hydrogen (secondary N) is 1. The summed E-state index contributed by atoms with van der Waals surface area (Å²) in [5.41, 5.74) is 1.82. The van der Waals surface area contributed by atoms with Gasteiger partial charge < -0.3 is 15.2 Å². The van der Waals surface area contributed by atoms with Gasteiger partial charge in [0.25, 0.3) is 0 Å². The molecule has 0 saturated heterocycles. The first-order valence-corrected chi connectivity index (χ1v) is 8.47. The molecule has 6 heteroatoms. The highest BCUT2D eigenvalue weighted by atomic mass is 19.1. The van der Waals surface area contributed by atoms with E-state index in [-0.39, 0.29) is 16.7 Å². The average molecular weight is 361 g/mol. The van der Waals surface area contributed by atoms with Crippen LogP contribution in [0.1, 0.15) is 37.9 Å². The minimum atomic E-state index is -1.14. The molecule has 1 atom stereocenters. The number of carboxylic acid groups (broad SMARTS) is 1. The highest BCUT2D eigenvalue weighted by molar-refractivity contribution is 5.69. The molecule has 1 amide bonds. The Bertz CT molecular complexity index is 864. The fraction of sp³-hybridized carbons (Fsp3) is 0.350. The molecule has 0 unspecified atom stereocenters. The van der Waals surface area contributed by atoms with Gasteiger partial charge in [-0.3, -0.25) is 0 Å². The minimum absolute atomic E-state index is 0.129. The summed E-state index contributed by atoms with van der Waals surface area (Å²) in [4.78, 5) is 11.1. The van der Waals surface area contributed by atoms with Gasteiger partial charge in [-0.05, 0) is 59.7 Å². The van der Waals surface area contributed by atoms with Gasteiger partial charge >= 0.3 is 6.09 Å². The van der Waals surface area contributed by atoms with Crippen molar-refractivity contribution in [1.82, 2.24) is 5.32 Å². The minimum Gasteiger partial charge on any atom is -0.491 e. The summed E-state index contributed by atoms with van der Waals surface area (Å²) in [6.07, 6.45) is -0.547. The van der Waals surface area contributed by atoms with Crippen LogP contribution in [0.4, 0.5) is 13.6 Å². The van der Waals surface area contributed by atoms with Crippen molar-refractivity contribution in [3.05, 3.63) is 53.1 Å². The summed E-state index contributed by atoms with van der Waals surface area (Å²) in [6.45, 7) is 5.97. The molecule has 0 radical (unpaired) electrons. The molecule has 1 aliphatic carbocycles. The third kappa shape index (κ3) is 3.23. The largest absolute Gasteiger partial charge is 0.491 e. The smallest absolute Gasteiger partial charge is 0.405 e. The number of hydrogen-bond donors (Lipinski definition) is 2. The second-order valence-electron chi connectivity index (χ2n) is 7.16. The lowest BCUT2D eigenvalue weighted by atomic mass is 9.85. The molecule has 0 aromatic heterocycles. The first-order valence-electron chi connectivity index (χ1n) is 8.47. The summed E-state index contributed by atoms with van der Waals surface area (Å²) < 4.78 is 34.1. The van der Waals surface area contributed by atoms with Crippen LogP contribution >= 0.6 is 0 Å². The van der Waals surface area contributed by atoms with Gasteiger partial charge in [-0.25, -0.2) is 13.6 Å². The van der Waals surface area contributed by atoms with Crippen LogP contribution in [-0.4, -0.2) is 17.8 Å². The summed E-state index contributed by atoms with van der Waals surface area (Å²) in [5, 5.41) is 11.6. The molecule has 138 valence electrons. The van der Waals surface area contributed by atoms with Crippen LogP contribution in [0.15, 0.2) is 30.3 Å². The summed E-state index contributed by atoms with van der Waals surface area (Å²) >= 11 is 0. The molecule has 1 aliphatic rings. The van der Waals surface area contributed by atoms with E-state index in [4.69, 9.17) is 9.84 Å². The Kier molecular flexibility index (Phi) is 4.61. The predicted octanol–water partition coefficient (Wildman–Crippen LogP) is 4.92. The van der Waals surface area contributed by atoms with Crippen LogP contribution in [0.25, 0.3) is 11.1 Å². The van der Waals surface area contributed by atoms with Crippen molar-refractivity contribution in [3.63, 3.8) is 0 Å². The van der Waals surface area contributed by atoms with E-state index in [1.807, 2.05) is 13.8 Å². The van der Waals surface area contributed by atoms with Crippen LogP contribution in [0.3, 0.4) is 0 Å². The third-order valence-electron chi connectivity index (χ3n) is 4.78. The molecule has 0 heterocycles. The molecule has 0 spiro atoms. The molecule has 2 N–H and O–H groups in total.